The minimum atomic E-state index is -0.505. The first-order valence-corrected chi connectivity index (χ1v) is 5.33. The molecular weight excluding hydrogens is 218 g/mol. The number of hydrogen-bond acceptors (Lipinski definition) is 3. The molecule has 0 aliphatic rings. The van der Waals surface area contributed by atoms with Crippen LogP contribution in [0.2, 0.25) is 0 Å². The molecule has 1 aromatic carbocycles. The van der Waals surface area contributed by atoms with Crippen molar-refractivity contribution in [3.63, 3.8) is 0 Å². The van der Waals surface area contributed by atoms with Crippen molar-refractivity contribution in [2.75, 3.05) is 6.54 Å². The Morgan fingerprint density at radius 2 is 1.76 bits per heavy atom. The van der Waals surface area contributed by atoms with Crippen molar-refractivity contribution in [3.05, 3.63) is 56.7 Å². The molecule has 1 aromatic heterocycles. The predicted octanol–water partition coefficient (Wildman–Crippen LogP) is 0.231. The van der Waals surface area contributed by atoms with Crippen LogP contribution >= 0.6 is 0 Å². The summed E-state index contributed by atoms with van der Waals surface area (Å²) in [6, 6.07) is 9.25. The van der Waals surface area contributed by atoms with Crippen LogP contribution in [0.3, 0.4) is 0 Å². The molecule has 0 amide bonds. The molecule has 0 atom stereocenters. The van der Waals surface area contributed by atoms with Crippen LogP contribution in [0.5, 0.6) is 0 Å². The standard InChI is InChI=1S/C12H13N3O2/c13-7-6-9-10(8-4-2-1-3-5-8)14-12(17)15-11(9)16/h1-5H,6-7,13H2,(H2,14,15,16,17). The van der Waals surface area contributed by atoms with Crippen molar-refractivity contribution in [1.82, 2.24) is 9.97 Å². The highest BCUT2D eigenvalue weighted by molar-refractivity contribution is 5.62. The maximum atomic E-state index is 11.7. The van der Waals surface area contributed by atoms with Crippen LogP contribution in [-0.2, 0) is 6.42 Å². The second-order valence-electron chi connectivity index (χ2n) is 3.67. The molecule has 0 aliphatic heterocycles. The van der Waals surface area contributed by atoms with Gasteiger partial charge in [-0.05, 0) is 18.5 Å². The highest BCUT2D eigenvalue weighted by atomic mass is 16.2. The fraction of sp³-hybridized carbons (Fsp3) is 0.167. The van der Waals surface area contributed by atoms with E-state index in [1.165, 1.54) is 0 Å². The average molecular weight is 231 g/mol. The van der Waals surface area contributed by atoms with E-state index < -0.39 is 5.69 Å². The van der Waals surface area contributed by atoms with Gasteiger partial charge in [0.2, 0.25) is 0 Å². The second kappa shape index (κ2) is 4.80. The summed E-state index contributed by atoms with van der Waals surface area (Å²) >= 11 is 0. The normalized spacial score (nSPS) is 10.4. The molecule has 0 spiro atoms. The molecule has 0 radical (unpaired) electrons. The number of rotatable bonds is 3. The molecule has 0 saturated carbocycles. The summed E-state index contributed by atoms with van der Waals surface area (Å²) in [6.45, 7) is 0.356. The molecule has 0 fully saturated rings. The molecule has 88 valence electrons. The lowest BCUT2D eigenvalue weighted by Crippen LogP contribution is -2.28. The number of nitrogens with one attached hydrogen (secondary N) is 2. The van der Waals surface area contributed by atoms with Crippen LogP contribution in [0, 0.1) is 0 Å². The molecule has 2 aromatic rings. The molecule has 4 N–H and O–H groups in total. The van der Waals surface area contributed by atoms with E-state index in [0.717, 1.165) is 5.56 Å². The first-order valence-electron chi connectivity index (χ1n) is 5.33. The number of aromatic amines is 2. The van der Waals surface area contributed by atoms with E-state index in [4.69, 9.17) is 5.73 Å². The van der Waals surface area contributed by atoms with Gasteiger partial charge in [-0.3, -0.25) is 9.78 Å². The van der Waals surface area contributed by atoms with E-state index in [-0.39, 0.29) is 5.56 Å². The van der Waals surface area contributed by atoms with E-state index in [9.17, 15) is 9.59 Å². The van der Waals surface area contributed by atoms with E-state index in [2.05, 4.69) is 9.97 Å². The monoisotopic (exact) mass is 231 g/mol. The molecule has 2 rings (SSSR count). The van der Waals surface area contributed by atoms with Gasteiger partial charge in [-0.2, -0.15) is 0 Å². The van der Waals surface area contributed by atoms with Gasteiger partial charge in [0, 0.05) is 5.56 Å². The van der Waals surface area contributed by atoms with Gasteiger partial charge in [0.15, 0.2) is 0 Å². The highest BCUT2D eigenvalue weighted by Crippen LogP contribution is 2.17. The van der Waals surface area contributed by atoms with Crippen molar-refractivity contribution in [1.29, 1.82) is 0 Å². The van der Waals surface area contributed by atoms with Crippen LogP contribution in [0.25, 0.3) is 11.3 Å². The first-order chi connectivity index (χ1) is 8.22. The van der Waals surface area contributed by atoms with E-state index in [1.54, 1.807) is 0 Å². The largest absolute Gasteiger partial charge is 0.330 e. The second-order valence-corrected chi connectivity index (χ2v) is 3.67. The Labute approximate surface area is 97.3 Å². The summed E-state index contributed by atoms with van der Waals surface area (Å²) in [5, 5.41) is 0. The summed E-state index contributed by atoms with van der Waals surface area (Å²) in [4.78, 5) is 27.9. The fourth-order valence-electron chi connectivity index (χ4n) is 1.75. The van der Waals surface area contributed by atoms with Crippen molar-refractivity contribution in [3.8, 4) is 11.3 Å². The van der Waals surface area contributed by atoms with Crippen molar-refractivity contribution >= 4 is 0 Å². The summed E-state index contributed by atoms with van der Waals surface area (Å²) in [5.41, 5.74) is 6.45. The van der Waals surface area contributed by atoms with Gasteiger partial charge in [-0.1, -0.05) is 30.3 Å². The summed E-state index contributed by atoms with van der Waals surface area (Å²) < 4.78 is 0. The minimum absolute atomic E-state index is 0.356. The van der Waals surface area contributed by atoms with Crippen LogP contribution in [0.1, 0.15) is 5.56 Å². The zero-order valence-electron chi connectivity index (χ0n) is 9.19. The topological polar surface area (TPSA) is 91.7 Å². The molecule has 0 bridgehead atoms. The summed E-state index contributed by atoms with van der Waals surface area (Å²) in [5.74, 6) is 0. The van der Waals surface area contributed by atoms with Gasteiger partial charge < -0.3 is 10.7 Å². The number of hydrogen-bond donors (Lipinski definition) is 3. The quantitative estimate of drug-likeness (QED) is 0.706. The zero-order chi connectivity index (χ0) is 12.3. The number of benzene rings is 1. The van der Waals surface area contributed by atoms with Crippen LogP contribution in [0.15, 0.2) is 39.9 Å². The van der Waals surface area contributed by atoms with Crippen LogP contribution in [0.4, 0.5) is 0 Å². The Kier molecular flexibility index (Phi) is 3.20. The van der Waals surface area contributed by atoms with Crippen molar-refractivity contribution in [2.24, 2.45) is 5.73 Å². The van der Waals surface area contributed by atoms with Crippen LogP contribution in [-0.4, -0.2) is 16.5 Å². The number of nitrogens with two attached hydrogens (primary N) is 1. The minimum Gasteiger partial charge on any atom is -0.330 e. The van der Waals surface area contributed by atoms with Gasteiger partial charge in [-0.25, -0.2) is 4.79 Å². The Balaban J connectivity index is 2.67. The summed E-state index contributed by atoms with van der Waals surface area (Å²) in [6.07, 6.45) is 0.427. The Morgan fingerprint density at radius 3 is 2.41 bits per heavy atom. The Bertz CT molecular complexity index is 614. The van der Waals surface area contributed by atoms with Crippen molar-refractivity contribution < 1.29 is 0 Å². The molecule has 0 saturated heterocycles. The lowest BCUT2D eigenvalue weighted by molar-refractivity contribution is 0.908. The average Bonchev–Trinajstić information content (AvgIpc) is 2.33. The van der Waals surface area contributed by atoms with Gasteiger partial charge in [0.1, 0.15) is 0 Å². The van der Waals surface area contributed by atoms with Gasteiger partial charge in [-0.15, -0.1) is 0 Å². The molecule has 17 heavy (non-hydrogen) atoms. The first kappa shape index (κ1) is 11.3. The lowest BCUT2D eigenvalue weighted by Gasteiger charge is -2.06. The van der Waals surface area contributed by atoms with E-state index >= 15 is 0 Å². The molecular formula is C12H13N3O2. The third-order valence-corrected chi connectivity index (χ3v) is 2.50. The molecule has 0 unspecified atom stereocenters. The summed E-state index contributed by atoms with van der Waals surface area (Å²) in [7, 11) is 0. The van der Waals surface area contributed by atoms with Crippen LogP contribution < -0.4 is 17.0 Å². The van der Waals surface area contributed by atoms with Gasteiger partial charge in [0.25, 0.3) is 5.56 Å². The molecule has 0 aliphatic carbocycles. The third-order valence-electron chi connectivity index (χ3n) is 2.50. The number of aromatic nitrogens is 2. The Morgan fingerprint density at radius 1 is 1.06 bits per heavy atom. The maximum Gasteiger partial charge on any atom is 0.326 e. The van der Waals surface area contributed by atoms with E-state index in [1.807, 2.05) is 30.3 Å². The molecule has 5 heteroatoms. The maximum absolute atomic E-state index is 11.7. The lowest BCUT2D eigenvalue weighted by atomic mass is 10.1. The highest BCUT2D eigenvalue weighted by Gasteiger charge is 2.09. The van der Waals surface area contributed by atoms with E-state index in [0.29, 0.717) is 24.2 Å². The number of H-pyrrole nitrogens is 2. The molecule has 5 nitrogen and oxygen atoms in total. The van der Waals surface area contributed by atoms with Gasteiger partial charge >= 0.3 is 5.69 Å². The van der Waals surface area contributed by atoms with Gasteiger partial charge in [0.05, 0.1) is 5.69 Å². The van der Waals surface area contributed by atoms with Crippen molar-refractivity contribution in [2.45, 2.75) is 6.42 Å². The smallest absolute Gasteiger partial charge is 0.326 e. The molecule has 1 heterocycles. The Hall–Kier alpha value is -2.14. The predicted molar refractivity (Wildman–Crippen MR) is 65.9 cm³/mol. The fourth-order valence-corrected chi connectivity index (χ4v) is 1.75. The SMILES string of the molecule is NCCc1c(-c2ccccc2)[nH]c(=O)[nH]c1=O. The zero-order valence-corrected chi connectivity index (χ0v) is 9.19. The third kappa shape index (κ3) is 2.34.